The van der Waals surface area contributed by atoms with Crippen molar-refractivity contribution >= 4 is 45.2 Å². The number of hydrogen-bond donors (Lipinski definition) is 1. The van der Waals surface area contributed by atoms with E-state index in [2.05, 4.69) is 83.2 Å². The second kappa shape index (κ2) is 9.67. The van der Waals surface area contributed by atoms with E-state index in [1.165, 1.54) is 89.4 Å². The van der Waals surface area contributed by atoms with Gasteiger partial charge in [0.05, 0.1) is 38.3 Å². The third kappa shape index (κ3) is 5.02. The van der Waals surface area contributed by atoms with Gasteiger partial charge in [0, 0.05) is 13.0 Å². The van der Waals surface area contributed by atoms with Crippen LogP contribution in [0.2, 0.25) is 0 Å². The number of fused-ring (bicyclic) bond motifs is 1. The fourth-order valence-electron chi connectivity index (χ4n) is 4.97. The monoisotopic (exact) mass is 578 g/mol. The standard InChI is InChI=1S/C19H40I2N4/c1-19(2,3)25-14-8-13-24(17-21,18(25)22-10-15-25)16-12-23(4)11-7-5-6-9-20/h18,22H,5-17H2,1-4H3/q+2/t18-,24?,25?/m0/s1. The van der Waals surface area contributed by atoms with E-state index in [-0.39, 0.29) is 0 Å². The van der Waals surface area contributed by atoms with Crippen LogP contribution in [0.25, 0.3) is 0 Å². The second-order valence-electron chi connectivity index (χ2n) is 9.17. The van der Waals surface area contributed by atoms with Gasteiger partial charge in [0.25, 0.3) is 6.29 Å². The number of nitrogens with zero attached hydrogens (tertiary/aromatic N) is 3. The molecule has 0 aromatic heterocycles. The number of hydrogen-bond acceptors (Lipinski definition) is 2. The molecule has 2 fully saturated rings. The van der Waals surface area contributed by atoms with Crippen LogP contribution in [0.3, 0.4) is 0 Å². The third-order valence-corrected chi connectivity index (χ3v) is 8.78. The van der Waals surface area contributed by atoms with Crippen LogP contribution in [-0.2, 0) is 0 Å². The van der Waals surface area contributed by atoms with E-state index in [1.54, 1.807) is 0 Å². The summed E-state index contributed by atoms with van der Waals surface area (Å²) < 4.78 is 5.07. The van der Waals surface area contributed by atoms with Gasteiger partial charge >= 0.3 is 0 Å². The van der Waals surface area contributed by atoms with Crippen molar-refractivity contribution in [1.82, 2.24) is 10.2 Å². The summed E-state index contributed by atoms with van der Waals surface area (Å²) in [5, 5.41) is 3.95. The number of quaternary nitrogens is 2. The molecule has 1 N–H and O–H groups in total. The number of likely N-dealkylation sites (N-methyl/N-ethyl adjacent to an activating group) is 1. The first kappa shape index (κ1) is 22.6. The predicted molar refractivity (Wildman–Crippen MR) is 125 cm³/mol. The van der Waals surface area contributed by atoms with Crippen LogP contribution in [0.4, 0.5) is 0 Å². The summed E-state index contributed by atoms with van der Waals surface area (Å²) in [4.78, 5) is 2.58. The van der Waals surface area contributed by atoms with E-state index in [1.807, 2.05) is 0 Å². The highest BCUT2D eigenvalue weighted by atomic mass is 127. The lowest BCUT2D eigenvalue weighted by molar-refractivity contribution is -1.15. The Bertz CT molecular complexity index is 415. The average molecular weight is 578 g/mol. The van der Waals surface area contributed by atoms with Gasteiger partial charge < -0.3 is 4.90 Å². The van der Waals surface area contributed by atoms with Crippen LogP contribution in [0.5, 0.6) is 0 Å². The normalized spacial score (nSPS) is 33.0. The molecular formula is C19H40I2N4+2. The predicted octanol–water partition coefficient (Wildman–Crippen LogP) is 3.64. The quantitative estimate of drug-likeness (QED) is 0.148. The zero-order valence-corrected chi connectivity index (χ0v) is 21.2. The van der Waals surface area contributed by atoms with Gasteiger partial charge in [-0.1, -0.05) is 29.0 Å². The van der Waals surface area contributed by atoms with Crippen molar-refractivity contribution in [2.24, 2.45) is 0 Å². The summed E-state index contributed by atoms with van der Waals surface area (Å²) >= 11 is 5.15. The maximum absolute atomic E-state index is 3.95. The Morgan fingerprint density at radius 2 is 1.80 bits per heavy atom. The van der Waals surface area contributed by atoms with Crippen molar-refractivity contribution in [3.8, 4) is 0 Å². The molecule has 2 saturated heterocycles. The van der Waals surface area contributed by atoms with Gasteiger partial charge in [0.2, 0.25) is 0 Å². The smallest absolute Gasteiger partial charge is 0.278 e. The Labute approximate surface area is 183 Å². The van der Waals surface area contributed by atoms with E-state index < -0.39 is 0 Å². The Balaban J connectivity index is 2.01. The lowest BCUT2D eigenvalue weighted by Gasteiger charge is -2.57. The van der Waals surface area contributed by atoms with E-state index >= 15 is 0 Å². The molecule has 0 aromatic rings. The summed E-state index contributed by atoms with van der Waals surface area (Å²) in [6, 6.07) is 0. The number of alkyl halides is 2. The summed E-state index contributed by atoms with van der Waals surface area (Å²) in [7, 11) is 2.33. The molecule has 0 aliphatic carbocycles. The highest BCUT2D eigenvalue weighted by Gasteiger charge is 2.61. The van der Waals surface area contributed by atoms with Gasteiger partial charge in [-0.25, -0.2) is 5.32 Å². The number of nitrogens with one attached hydrogen (secondary N) is 1. The minimum atomic E-state index is 0.329. The Hall–Kier alpha value is 1.30. The topological polar surface area (TPSA) is 15.3 Å². The van der Waals surface area contributed by atoms with Gasteiger partial charge in [-0.15, -0.1) is 0 Å². The largest absolute Gasteiger partial charge is 0.301 e. The maximum atomic E-state index is 3.95. The fraction of sp³-hybridized carbons (Fsp3) is 1.00. The molecular weight excluding hydrogens is 538 g/mol. The summed E-state index contributed by atoms with van der Waals surface area (Å²) in [6.45, 7) is 16.3. The first-order valence-electron chi connectivity index (χ1n) is 10.1. The van der Waals surface area contributed by atoms with Crippen molar-refractivity contribution < 1.29 is 8.97 Å². The summed E-state index contributed by atoms with van der Waals surface area (Å²) in [5.41, 5.74) is 0.329. The fourth-order valence-corrected chi connectivity index (χ4v) is 6.56. The molecule has 0 saturated carbocycles. The van der Waals surface area contributed by atoms with Gasteiger partial charge in [-0.2, -0.15) is 0 Å². The minimum absolute atomic E-state index is 0.329. The summed E-state index contributed by atoms with van der Waals surface area (Å²) in [5.74, 6) is 0. The first-order chi connectivity index (χ1) is 11.8. The van der Waals surface area contributed by atoms with E-state index in [0.717, 1.165) is 0 Å². The molecule has 2 unspecified atom stereocenters. The van der Waals surface area contributed by atoms with Crippen molar-refractivity contribution in [2.45, 2.75) is 58.3 Å². The van der Waals surface area contributed by atoms with Crippen molar-refractivity contribution in [3.05, 3.63) is 0 Å². The van der Waals surface area contributed by atoms with Gasteiger partial charge in [-0.3, -0.25) is 8.97 Å². The molecule has 3 atom stereocenters. The molecule has 2 aliphatic rings. The van der Waals surface area contributed by atoms with Crippen LogP contribution < -0.4 is 5.32 Å². The Morgan fingerprint density at radius 3 is 2.44 bits per heavy atom. The molecule has 25 heavy (non-hydrogen) atoms. The van der Waals surface area contributed by atoms with Gasteiger partial charge in [0.15, 0.2) is 0 Å². The van der Waals surface area contributed by atoms with Crippen LogP contribution in [0.1, 0.15) is 46.5 Å². The van der Waals surface area contributed by atoms with Crippen LogP contribution in [-0.4, -0.2) is 87.5 Å². The molecule has 0 spiro atoms. The molecule has 4 nitrogen and oxygen atoms in total. The molecule has 0 radical (unpaired) electrons. The zero-order valence-electron chi connectivity index (χ0n) is 16.9. The van der Waals surface area contributed by atoms with Crippen molar-refractivity contribution in [1.29, 1.82) is 0 Å². The van der Waals surface area contributed by atoms with E-state index in [9.17, 15) is 0 Å². The van der Waals surface area contributed by atoms with Gasteiger partial charge in [-0.05, 0) is 74.2 Å². The van der Waals surface area contributed by atoms with Crippen LogP contribution in [0, 0.1) is 0 Å². The molecule has 2 heterocycles. The van der Waals surface area contributed by atoms with E-state index in [0.29, 0.717) is 11.8 Å². The molecule has 0 aromatic carbocycles. The maximum Gasteiger partial charge on any atom is 0.278 e. The van der Waals surface area contributed by atoms with Gasteiger partial charge in [0.1, 0.15) is 4.55 Å². The number of rotatable bonds is 9. The molecule has 6 heteroatoms. The minimum Gasteiger partial charge on any atom is -0.301 e. The number of unbranched alkanes of at least 4 members (excludes halogenated alkanes) is 2. The lowest BCUT2D eigenvalue weighted by Crippen LogP contribution is -2.79. The SMILES string of the molecule is CN(CCCCCI)CC[N+]1(CI)CCC[N+]2(C(C)(C)C)CCN[C@@H]12. The first-order valence-corrected chi connectivity index (χ1v) is 13.1. The highest BCUT2D eigenvalue weighted by Crippen LogP contribution is 2.39. The molecule has 0 amide bonds. The van der Waals surface area contributed by atoms with Crippen LogP contribution >= 0.6 is 45.2 Å². The Morgan fingerprint density at radius 1 is 1.04 bits per heavy atom. The molecule has 0 bridgehead atoms. The Kier molecular flexibility index (Phi) is 8.74. The third-order valence-electron chi connectivity index (χ3n) is 6.66. The molecule has 2 rings (SSSR count). The average Bonchev–Trinajstić information content (AvgIpc) is 3.03. The lowest BCUT2D eigenvalue weighted by atomic mass is 9.98. The second-order valence-corrected chi connectivity index (χ2v) is 10.9. The molecule has 148 valence electrons. The summed E-state index contributed by atoms with van der Waals surface area (Å²) in [6.07, 6.45) is 6.08. The van der Waals surface area contributed by atoms with Crippen molar-refractivity contribution in [2.75, 3.05) is 61.8 Å². The zero-order chi connectivity index (χ0) is 18.6. The highest BCUT2D eigenvalue weighted by molar-refractivity contribution is 14.1. The van der Waals surface area contributed by atoms with Crippen molar-refractivity contribution in [3.63, 3.8) is 0 Å². The van der Waals surface area contributed by atoms with E-state index in [4.69, 9.17) is 0 Å². The number of halogens is 2. The van der Waals surface area contributed by atoms with Crippen LogP contribution in [0.15, 0.2) is 0 Å². The molecule has 2 aliphatic heterocycles.